The molecule has 0 aliphatic rings. The fourth-order valence-corrected chi connectivity index (χ4v) is 2.41. The van der Waals surface area contributed by atoms with E-state index in [1.54, 1.807) is 24.3 Å². The van der Waals surface area contributed by atoms with Gasteiger partial charge in [-0.1, -0.05) is 24.3 Å². The summed E-state index contributed by atoms with van der Waals surface area (Å²) in [7, 11) is 0. The Hall–Kier alpha value is -2.26. The number of aromatic nitrogens is 1. The summed E-state index contributed by atoms with van der Waals surface area (Å²) < 4.78 is 26.8. The Kier molecular flexibility index (Phi) is 4.16. The molecule has 1 heterocycles. The second-order valence-corrected chi connectivity index (χ2v) is 5.17. The maximum atomic E-state index is 13.4. The maximum Gasteiger partial charge on any atom is 0.123 e. The van der Waals surface area contributed by atoms with Crippen LogP contribution < -0.4 is 0 Å². The Morgan fingerprint density at radius 1 is 0.773 bits per heavy atom. The van der Waals surface area contributed by atoms with Gasteiger partial charge >= 0.3 is 0 Å². The lowest BCUT2D eigenvalue weighted by molar-refractivity contribution is 0.628. The number of alkyl halides is 1. The molecule has 0 spiro atoms. The molecule has 0 amide bonds. The van der Waals surface area contributed by atoms with E-state index in [0.717, 1.165) is 5.56 Å². The zero-order valence-electron chi connectivity index (χ0n) is 11.6. The molecule has 110 valence electrons. The molecule has 0 radical (unpaired) electrons. The molecule has 1 aromatic heterocycles. The van der Waals surface area contributed by atoms with E-state index in [4.69, 9.17) is 11.6 Å². The Morgan fingerprint density at radius 3 is 1.68 bits per heavy atom. The Labute approximate surface area is 132 Å². The normalized spacial score (nSPS) is 10.7. The minimum Gasteiger partial charge on any atom is -0.248 e. The Balaban J connectivity index is 2.14. The zero-order chi connectivity index (χ0) is 15.5. The van der Waals surface area contributed by atoms with Crippen molar-refractivity contribution in [3.63, 3.8) is 0 Å². The predicted octanol–water partition coefficient (Wildman–Crippen LogP) is 5.43. The van der Waals surface area contributed by atoms with Crippen molar-refractivity contribution in [3.05, 3.63) is 77.9 Å². The third kappa shape index (κ3) is 3.15. The average Bonchev–Trinajstić information content (AvgIpc) is 2.54. The second kappa shape index (κ2) is 6.24. The van der Waals surface area contributed by atoms with Crippen LogP contribution in [0.4, 0.5) is 8.78 Å². The van der Waals surface area contributed by atoms with Gasteiger partial charge in [-0.25, -0.2) is 13.8 Å². The minimum atomic E-state index is -0.331. The van der Waals surface area contributed by atoms with Gasteiger partial charge in [-0.3, -0.25) is 0 Å². The monoisotopic (exact) mass is 315 g/mol. The first-order valence-corrected chi connectivity index (χ1v) is 7.28. The van der Waals surface area contributed by atoms with Crippen molar-refractivity contribution in [1.29, 1.82) is 0 Å². The third-order valence-corrected chi connectivity index (χ3v) is 3.59. The minimum absolute atomic E-state index is 0.299. The van der Waals surface area contributed by atoms with Crippen LogP contribution in [0.1, 0.15) is 5.56 Å². The number of hydrogen-bond acceptors (Lipinski definition) is 1. The molecule has 0 N–H and O–H groups in total. The van der Waals surface area contributed by atoms with Gasteiger partial charge in [0.1, 0.15) is 11.6 Å². The van der Waals surface area contributed by atoms with Gasteiger partial charge in [0.15, 0.2) is 0 Å². The highest BCUT2D eigenvalue weighted by atomic mass is 35.5. The van der Waals surface area contributed by atoms with Crippen LogP contribution in [0.3, 0.4) is 0 Å². The average molecular weight is 316 g/mol. The molecule has 0 aliphatic heterocycles. The van der Waals surface area contributed by atoms with Crippen LogP contribution in [0.2, 0.25) is 0 Å². The van der Waals surface area contributed by atoms with Crippen molar-refractivity contribution < 1.29 is 8.78 Å². The van der Waals surface area contributed by atoms with Gasteiger partial charge in [0.25, 0.3) is 0 Å². The lowest BCUT2D eigenvalue weighted by Gasteiger charge is -2.08. The molecule has 0 atom stereocenters. The molecule has 1 nitrogen and oxygen atoms in total. The molecular formula is C18H12ClF2N. The van der Waals surface area contributed by atoms with Crippen molar-refractivity contribution in [1.82, 2.24) is 4.98 Å². The molecule has 0 saturated carbocycles. The van der Waals surface area contributed by atoms with Crippen LogP contribution in [-0.4, -0.2) is 4.98 Å². The summed E-state index contributed by atoms with van der Waals surface area (Å²) >= 11 is 5.93. The predicted molar refractivity (Wildman–Crippen MR) is 84.6 cm³/mol. The van der Waals surface area contributed by atoms with Crippen molar-refractivity contribution in [2.24, 2.45) is 0 Å². The van der Waals surface area contributed by atoms with E-state index in [-0.39, 0.29) is 11.6 Å². The molecule has 0 aliphatic carbocycles. The lowest BCUT2D eigenvalue weighted by Crippen LogP contribution is -1.92. The maximum absolute atomic E-state index is 13.4. The van der Waals surface area contributed by atoms with Crippen LogP contribution in [0.25, 0.3) is 22.5 Å². The molecule has 0 fully saturated rings. The van der Waals surface area contributed by atoms with E-state index in [2.05, 4.69) is 4.98 Å². The number of hydrogen-bond donors (Lipinski definition) is 0. The van der Waals surface area contributed by atoms with Gasteiger partial charge in [0, 0.05) is 17.0 Å². The molecule has 4 heteroatoms. The quantitative estimate of drug-likeness (QED) is 0.587. The highest BCUT2D eigenvalue weighted by molar-refractivity contribution is 6.17. The SMILES string of the molecule is Fc1cccc(-c2cc(CCl)cc(-c3cccc(F)c3)n2)c1. The molecule has 3 rings (SSSR count). The molecular weight excluding hydrogens is 304 g/mol. The first-order valence-electron chi connectivity index (χ1n) is 6.74. The van der Waals surface area contributed by atoms with E-state index in [1.807, 2.05) is 12.1 Å². The molecule has 0 bridgehead atoms. The van der Waals surface area contributed by atoms with Crippen LogP contribution >= 0.6 is 11.6 Å². The molecule has 3 aromatic rings. The van der Waals surface area contributed by atoms with Crippen LogP contribution in [0, 0.1) is 11.6 Å². The summed E-state index contributed by atoms with van der Waals surface area (Å²) in [5.41, 5.74) is 3.37. The fraction of sp³-hybridized carbons (Fsp3) is 0.0556. The van der Waals surface area contributed by atoms with Crippen molar-refractivity contribution in [2.45, 2.75) is 5.88 Å². The highest BCUT2D eigenvalue weighted by Gasteiger charge is 2.08. The smallest absolute Gasteiger partial charge is 0.123 e. The molecule has 0 unspecified atom stereocenters. The molecule has 0 saturated heterocycles. The number of pyridine rings is 1. The molecule has 22 heavy (non-hydrogen) atoms. The lowest BCUT2D eigenvalue weighted by atomic mass is 10.1. The van der Waals surface area contributed by atoms with Gasteiger partial charge < -0.3 is 0 Å². The summed E-state index contributed by atoms with van der Waals surface area (Å²) in [6.07, 6.45) is 0. The van der Waals surface area contributed by atoms with Crippen molar-refractivity contribution in [2.75, 3.05) is 0 Å². The van der Waals surface area contributed by atoms with Crippen LogP contribution in [0.15, 0.2) is 60.7 Å². The van der Waals surface area contributed by atoms with E-state index in [9.17, 15) is 8.78 Å². The van der Waals surface area contributed by atoms with Gasteiger partial charge in [0.2, 0.25) is 0 Å². The van der Waals surface area contributed by atoms with E-state index in [0.29, 0.717) is 28.4 Å². The fourth-order valence-electron chi connectivity index (χ4n) is 2.26. The zero-order valence-corrected chi connectivity index (χ0v) is 12.3. The molecule has 2 aromatic carbocycles. The van der Waals surface area contributed by atoms with Crippen molar-refractivity contribution >= 4 is 11.6 Å². The van der Waals surface area contributed by atoms with Gasteiger partial charge in [-0.2, -0.15) is 0 Å². The van der Waals surface area contributed by atoms with E-state index in [1.165, 1.54) is 24.3 Å². The third-order valence-electron chi connectivity index (χ3n) is 3.28. The number of rotatable bonds is 3. The van der Waals surface area contributed by atoms with Gasteiger partial charge in [-0.05, 0) is 42.0 Å². The highest BCUT2D eigenvalue weighted by Crippen LogP contribution is 2.26. The van der Waals surface area contributed by atoms with Crippen LogP contribution in [0.5, 0.6) is 0 Å². The summed E-state index contributed by atoms with van der Waals surface area (Å²) in [5.74, 6) is -0.363. The Bertz CT molecular complexity index is 754. The summed E-state index contributed by atoms with van der Waals surface area (Å²) in [6, 6.07) is 16.0. The second-order valence-electron chi connectivity index (χ2n) is 4.90. The summed E-state index contributed by atoms with van der Waals surface area (Å²) in [5, 5.41) is 0. The standard InChI is InChI=1S/C18H12ClF2N/c19-11-12-7-17(13-3-1-5-15(20)9-13)22-18(8-12)14-4-2-6-16(21)10-14/h1-10H,11H2. The van der Waals surface area contributed by atoms with Gasteiger partial charge in [0.05, 0.1) is 11.4 Å². The van der Waals surface area contributed by atoms with Crippen LogP contribution in [-0.2, 0) is 5.88 Å². The topological polar surface area (TPSA) is 12.9 Å². The van der Waals surface area contributed by atoms with Gasteiger partial charge in [-0.15, -0.1) is 11.6 Å². The number of halogens is 3. The first kappa shape index (κ1) is 14.7. The number of benzene rings is 2. The van der Waals surface area contributed by atoms with E-state index < -0.39 is 0 Å². The van der Waals surface area contributed by atoms with E-state index >= 15 is 0 Å². The largest absolute Gasteiger partial charge is 0.248 e. The Morgan fingerprint density at radius 2 is 1.27 bits per heavy atom. The summed E-state index contributed by atoms with van der Waals surface area (Å²) in [6.45, 7) is 0. The summed E-state index contributed by atoms with van der Waals surface area (Å²) in [4.78, 5) is 4.51. The number of nitrogens with zero attached hydrogens (tertiary/aromatic N) is 1. The van der Waals surface area contributed by atoms with Crippen molar-refractivity contribution in [3.8, 4) is 22.5 Å². The first-order chi connectivity index (χ1) is 10.7.